The van der Waals surface area contributed by atoms with Gasteiger partial charge in [-0.3, -0.25) is 14.5 Å². The summed E-state index contributed by atoms with van der Waals surface area (Å²) in [6.45, 7) is 6.30. The topological polar surface area (TPSA) is 57.6 Å². The molecular weight excluding hydrogens is 170 g/mol. The van der Waals surface area contributed by atoms with Crippen LogP contribution < -0.4 is 0 Å². The summed E-state index contributed by atoms with van der Waals surface area (Å²) >= 11 is 0. The summed E-state index contributed by atoms with van der Waals surface area (Å²) in [5.41, 5.74) is 0. The van der Waals surface area contributed by atoms with Crippen molar-refractivity contribution >= 4 is 11.8 Å². The zero-order chi connectivity index (χ0) is 10.3. The highest BCUT2D eigenvalue weighted by Gasteiger charge is 2.21. The average molecular weight is 183 g/mol. The van der Waals surface area contributed by atoms with Gasteiger partial charge in [0.2, 0.25) is 0 Å². The van der Waals surface area contributed by atoms with Crippen LogP contribution in [0.5, 0.6) is 0 Å². The Bertz CT molecular complexity index is 205. The van der Waals surface area contributed by atoms with Crippen LogP contribution in [0.1, 0.15) is 6.42 Å². The molecule has 2 amide bonds. The molecule has 0 aromatic rings. The van der Waals surface area contributed by atoms with Gasteiger partial charge in [0.1, 0.15) is 0 Å². The molecule has 4 nitrogen and oxygen atoms in total. The van der Waals surface area contributed by atoms with E-state index in [9.17, 15) is 9.59 Å². The minimum atomic E-state index is -0.288. The molecule has 0 atom stereocenters. The first-order valence-electron chi connectivity index (χ1n) is 3.90. The van der Waals surface area contributed by atoms with Crippen LogP contribution in [0.15, 0.2) is 25.3 Å². The molecule has 0 radical (unpaired) electrons. The molecule has 0 saturated heterocycles. The molecule has 0 unspecified atom stereocenters. The van der Waals surface area contributed by atoms with Crippen molar-refractivity contribution in [2.75, 3.05) is 13.2 Å². The van der Waals surface area contributed by atoms with Crippen LogP contribution in [0.25, 0.3) is 0 Å². The van der Waals surface area contributed by atoms with Gasteiger partial charge in [-0.15, -0.1) is 13.2 Å². The Balaban J connectivity index is 0.000000671. The van der Waals surface area contributed by atoms with Crippen molar-refractivity contribution in [1.82, 2.24) is 4.90 Å². The first-order valence-corrected chi connectivity index (χ1v) is 3.90. The fourth-order valence-electron chi connectivity index (χ4n) is 0.880. The summed E-state index contributed by atoms with van der Waals surface area (Å²) in [6.07, 6.45) is 2.92. The van der Waals surface area contributed by atoms with E-state index in [4.69, 9.17) is 5.11 Å². The third kappa shape index (κ3) is 3.21. The lowest BCUT2D eigenvalue weighted by Gasteiger charge is -2.11. The molecule has 1 rings (SSSR count). The van der Waals surface area contributed by atoms with Gasteiger partial charge in [0.25, 0.3) is 11.8 Å². The van der Waals surface area contributed by atoms with Gasteiger partial charge >= 0.3 is 0 Å². The normalized spacial score (nSPS) is 14.4. The van der Waals surface area contributed by atoms with E-state index in [0.29, 0.717) is 13.0 Å². The Hall–Kier alpha value is -1.42. The fraction of sp³-hybridized carbons (Fsp3) is 0.333. The molecule has 1 aliphatic heterocycles. The summed E-state index contributed by atoms with van der Waals surface area (Å²) in [6, 6.07) is 0. The van der Waals surface area contributed by atoms with Crippen LogP contribution >= 0.6 is 0 Å². The maximum absolute atomic E-state index is 10.8. The minimum absolute atomic E-state index is 0.00292. The summed E-state index contributed by atoms with van der Waals surface area (Å²) in [5.74, 6) is -0.577. The SMILES string of the molecule is C=C.O=C1C=CC(=O)N1CCCO. The number of amides is 2. The Morgan fingerprint density at radius 2 is 1.69 bits per heavy atom. The maximum Gasteiger partial charge on any atom is 0.253 e. The van der Waals surface area contributed by atoms with E-state index in [1.54, 1.807) is 0 Å². The van der Waals surface area contributed by atoms with Crippen molar-refractivity contribution in [3.05, 3.63) is 25.3 Å². The number of hydrogen-bond donors (Lipinski definition) is 1. The molecule has 0 saturated carbocycles. The predicted octanol–water partition coefficient (Wildman–Crippen LogP) is 0.0960. The minimum Gasteiger partial charge on any atom is -0.396 e. The lowest BCUT2D eigenvalue weighted by atomic mass is 10.4. The zero-order valence-electron chi connectivity index (χ0n) is 7.40. The van der Waals surface area contributed by atoms with Gasteiger partial charge < -0.3 is 5.11 Å². The van der Waals surface area contributed by atoms with Crippen molar-refractivity contribution in [2.45, 2.75) is 6.42 Å². The molecule has 0 spiro atoms. The molecule has 0 aliphatic carbocycles. The molecule has 13 heavy (non-hydrogen) atoms. The van der Waals surface area contributed by atoms with Crippen LogP contribution in [-0.4, -0.2) is 35.0 Å². The van der Waals surface area contributed by atoms with Gasteiger partial charge in [-0.25, -0.2) is 0 Å². The largest absolute Gasteiger partial charge is 0.396 e. The monoisotopic (exact) mass is 183 g/mol. The number of carbonyl (C=O) groups is 2. The van der Waals surface area contributed by atoms with E-state index < -0.39 is 0 Å². The third-order valence-electron chi connectivity index (χ3n) is 1.44. The van der Waals surface area contributed by atoms with Crippen molar-refractivity contribution < 1.29 is 14.7 Å². The van der Waals surface area contributed by atoms with Gasteiger partial charge in [0, 0.05) is 25.3 Å². The van der Waals surface area contributed by atoms with E-state index in [0.717, 1.165) is 4.90 Å². The molecule has 72 valence electrons. The van der Waals surface area contributed by atoms with Crippen molar-refractivity contribution in [3.63, 3.8) is 0 Å². The maximum atomic E-state index is 10.8. The lowest BCUT2D eigenvalue weighted by Crippen LogP contribution is -2.31. The first kappa shape index (κ1) is 11.6. The quantitative estimate of drug-likeness (QED) is 0.498. The molecule has 4 heteroatoms. The second-order valence-electron chi connectivity index (χ2n) is 2.24. The smallest absolute Gasteiger partial charge is 0.253 e. The van der Waals surface area contributed by atoms with E-state index >= 15 is 0 Å². The number of hydrogen-bond acceptors (Lipinski definition) is 3. The molecule has 0 aromatic heterocycles. The van der Waals surface area contributed by atoms with E-state index in [-0.39, 0.29) is 18.4 Å². The summed E-state index contributed by atoms with van der Waals surface area (Å²) < 4.78 is 0. The van der Waals surface area contributed by atoms with Gasteiger partial charge in [-0.1, -0.05) is 0 Å². The lowest BCUT2D eigenvalue weighted by molar-refractivity contribution is -0.136. The van der Waals surface area contributed by atoms with Crippen LogP contribution in [0.2, 0.25) is 0 Å². The van der Waals surface area contributed by atoms with Crippen molar-refractivity contribution in [2.24, 2.45) is 0 Å². The molecule has 0 fully saturated rings. The Morgan fingerprint density at radius 3 is 2.08 bits per heavy atom. The number of aliphatic hydroxyl groups excluding tert-OH is 1. The number of aliphatic hydroxyl groups is 1. The van der Waals surface area contributed by atoms with Crippen LogP contribution in [0.3, 0.4) is 0 Å². The second-order valence-corrected chi connectivity index (χ2v) is 2.24. The summed E-state index contributed by atoms with van der Waals surface area (Å²) in [7, 11) is 0. The van der Waals surface area contributed by atoms with Crippen LogP contribution in [-0.2, 0) is 9.59 Å². The third-order valence-corrected chi connectivity index (χ3v) is 1.44. The molecule has 1 aliphatic rings. The Labute approximate surface area is 77.2 Å². The van der Waals surface area contributed by atoms with Gasteiger partial charge in [0.05, 0.1) is 0 Å². The van der Waals surface area contributed by atoms with Gasteiger partial charge in [0.15, 0.2) is 0 Å². The van der Waals surface area contributed by atoms with E-state index in [2.05, 4.69) is 13.2 Å². The van der Waals surface area contributed by atoms with Crippen LogP contribution in [0.4, 0.5) is 0 Å². The number of carbonyl (C=O) groups excluding carboxylic acids is 2. The number of nitrogens with zero attached hydrogens (tertiary/aromatic N) is 1. The predicted molar refractivity (Wildman–Crippen MR) is 48.8 cm³/mol. The van der Waals surface area contributed by atoms with Crippen molar-refractivity contribution in [1.29, 1.82) is 0 Å². The molecule has 1 heterocycles. The number of imide groups is 1. The zero-order valence-corrected chi connectivity index (χ0v) is 7.40. The first-order chi connectivity index (χ1) is 6.25. The highest BCUT2D eigenvalue weighted by Crippen LogP contribution is 2.03. The van der Waals surface area contributed by atoms with E-state index in [1.165, 1.54) is 12.2 Å². The highest BCUT2D eigenvalue weighted by atomic mass is 16.3. The van der Waals surface area contributed by atoms with Gasteiger partial charge in [-0.2, -0.15) is 0 Å². The van der Waals surface area contributed by atoms with Gasteiger partial charge in [-0.05, 0) is 6.42 Å². The van der Waals surface area contributed by atoms with E-state index in [1.807, 2.05) is 0 Å². The second kappa shape index (κ2) is 6.14. The average Bonchev–Trinajstić information content (AvgIpc) is 2.47. The number of rotatable bonds is 3. The fourth-order valence-corrected chi connectivity index (χ4v) is 0.880. The summed E-state index contributed by atoms with van der Waals surface area (Å²) in [4.78, 5) is 22.8. The standard InChI is InChI=1S/C7H9NO3.C2H4/c9-5-1-4-8-6(10)2-3-7(8)11;1-2/h2-3,9H,1,4-5H2;1-2H2. The summed E-state index contributed by atoms with van der Waals surface area (Å²) in [5, 5.41) is 8.43. The van der Waals surface area contributed by atoms with Crippen molar-refractivity contribution in [3.8, 4) is 0 Å². The molecular formula is C9H13NO3. The highest BCUT2D eigenvalue weighted by molar-refractivity contribution is 6.12. The molecule has 1 N–H and O–H groups in total. The Kier molecular flexibility index (Phi) is 5.47. The Morgan fingerprint density at radius 1 is 1.23 bits per heavy atom. The molecule has 0 aromatic carbocycles. The van der Waals surface area contributed by atoms with Crippen LogP contribution in [0, 0.1) is 0 Å². The molecule has 0 bridgehead atoms.